The van der Waals surface area contributed by atoms with Crippen molar-refractivity contribution >= 4 is 16.0 Å². The largest absolute Gasteiger partial charge is 0.478 e. The normalized spacial score (nSPS) is 18.6. The highest BCUT2D eigenvalue weighted by Gasteiger charge is 2.33. The molecule has 0 saturated carbocycles. The van der Waals surface area contributed by atoms with Crippen LogP contribution in [0, 0.1) is 0 Å². The topological polar surface area (TPSA) is 87.6 Å². The second-order valence-electron chi connectivity index (χ2n) is 5.85. The lowest BCUT2D eigenvalue weighted by atomic mass is 10.0. The Morgan fingerprint density at radius 2 is 2.00 bits per heavy atom. The minimum atomic E-state index is -3.26. The molecule has 6 nitrogen and oxygen atoms in total. The second kappa shape index (κ2) is 6.33. The molecule has 1 aliphatic rings. The van der Waals surface area contributed by atoms with Crippen LogP contribution in [0.25, 0.3) is 11.1 Å². The second-order valence-corrected chi connectivity index (χ2v) is 7.79. The van der Waals surface area contributed by atoms with Crippen molar-refractivity contribution in [1.82, 2.24) is 9.29 Å². The number of sulfonamides is 1. The Balaban J connectivity index is 1.94. The van der Waals surface area contributed by atoms with Crippen LogP contribution in [0.15, 0.2) is 42.6 Å². The number of hydrogen-bond acceptors (Lipinski definition) is 4. The number of pyridine rings is 1. The first-order valence-electron chi connectivity index (χ1n) is 7.63. The van der Waals surface area contributed by atoms with E-state index in [0.717, 1.165) is 12.8 Å². The van der Waals surface area contributed by atoms with Gasteiger partial charge in [-0.1, -0.05) is 24.3 Å². The number of rotatable bonds is 4. The third-order valence-electron chi connectivity index (χ3n) is 4.23. The Hall–Kier alpha value is -2.25. The summed E-state index contributed by atoms with van der Waals surface area (Å²) in [5.41, 5.74) is 2.19. The van der Waals surface area contributed by atoms with Crippen molar-refractivity contribution in [2.45, 2.75) is 18.9 Å². The fourth-order valence-electron chi connectivity index (χ4n) is 3.12. The van der Waals surface area contributed by atoms with Gasteiger partial charge in [0.1, 0.15) is 0 Å². The third kappa shape index (κ3) is 3.18. The highest BCUT2D eigenvalue weighted by atomic mass is 32.2. The highest BCUT2D eigenvalue weighted by Crippen LogP contribution is 2.33. The summed E-state index contributed by atoms with van der Waals surface area (Å²) in [6.07, 6.45) is 4.37. The Bertz CT molecular complexity index is 862. The molecule has 1 atom stereocenters. The zero-order valence-electron chi connectivity index (χ0n) is 13.2. The van der Waals surface area contributed by atoms with Gasteiger partial charge < -0.3 is 5.11 Å². The number of carboxylic acid groups (broad SMARTS) is 1. The molecule has 24 heavy (non-hydrogen) atoms. The van der Waals surface area contributed by atoms with Crippen molar-refractivity contribution in [2.24, 2.45) is 0 Å². The van der Waals surface area contributed by atoms with Gasteiger partial charge in [0.25, 0.3) is 0 Å². The van der Waals surface area contributed by atoms with Gasteiger partial charge in [0, 0.05) is 18.3 Å². The number of carboxylic acids is 1. The van der Waals surface area contributed by atoms with Crippen molar-refractivity contribution in [2.75, 3.05) is 12.8 Å². The van der Waals surface area contributed by atoms with Crippen LogP contribution >= 0.6 is 0 Å². The number of aromatic nitrogens is 1. The van der Waals surface area contributed by atoms with Crippen LogP contribution in [0.4, 0.5) is 0 Å². The molecule has 2 aromatic rings. The summed E-state index contributed by atoms with van der Waals surface area (Å²) in [5, 5.41) is 9.28. The lowest BCUT2D eigenvalue weighted by Crippen LogP contribution is -2.29. The van der Waals surface area contributed by atoms with Crippen LogP contribution in [0.1, 0.15) is 34.9 Å². The van der Waals surface area contributed by atoms with Gasteiger partial charge in [-0.05, 0) is 30.5 Å². The fraction of sp³-hybridized carbons (Fsp3) is 0.294. The molecule has 2 heterocycles. The molecule has 0 spiro atoms. The first kappa shape index (κ1) is 16.6. The van der Waals surface area contributed by atoms with Crippen LogP contribution in [0.3, 0.4) is 0 Å². The molecule has 126 valence electrons. The summed E-state index contributed by atoms with van der Waals surface area (Å²) < 4.78 is 25.2. The number of aromatic carboxylic acids is 1. The fourth-order valence-corrected chi connectivity index (χ4v) is 4.25. The van der Waals surface area contributed by atoms with Gasteiger partial charge in [-0.2, -0.15) is 4.31 Å². The molecule has 0 radical (unpaired) electrons. The SMILES string of the molecule is CS(=O)(=O)N1CCC[C@@H]1c1ccc(-c2ccccc2C(=O)O)cn1. The summed E-state index contributed by atoms with van der Waals surface area (Å²) in [6, 6.07) is 10.1. The molecule has 1 fully saturated rings. The minimum absolute atomic E-state index is 0.214. The monoisotopic (exact) mass is 346 g/mol. The zero-order chi connectivity index (χ0) is 17.3. The molecule has 1 aromatic carbocycles. The maximum Gasteiger partial charge on any atom is 0.336 e. The van der Waals surface area contributed by atoms with Crippen molar-refractivity contribution in [3.63, 3.8) is 0 Å². The van der Waals surface area contributed by atoms with Crippen LogP contribution < -0.4 is 0 Å². The zero-order valence-corrected chi connectivity index (χ0v) is 14.0. The molecule has 7 heteroatoms. The summed E-state index contributed by atoms with van der Waals surface area (Å²) in [4.78, 5) is 15.7. The van der Waals surface area contributed by atoms with E-state index in [0.29, 0.717) is 23.4 Å². The van der Waals surface area contributed by atoms with Gasteiger partial charge in [0.05, 0.1) is 23.6 Å². The lowest BCUT2D eigenvalue weighted by Gasteiger charge is -2.21. The average Bonchev–Trinajstić information content (AvgIpc) is 3.05. The van der Waals surface area contributed by atoms with Crippen LogP contribution in [0.2, 0.25) is 0 Å². The van der Waals surface area contributed by atoms with Gasteiger partial charge in [-0.3, -0.25) is 4.98 Å². The number of hydrogen-bond donors (Lipinski definition) is 1. The van der Waals surface area contributed by atoms with Gasteiger partial charge in [-0.15, -0.1) is 0 Å². The predicted molar refractivity (Wildman–Crippen MR) is 90.2 cm³/mol. The standard InChI is InChI=1S/C17H18N2O4S/c1-24(22,23)19-10-4-7-16(19)15-9-8-12(11-18-15)13-5-2-3-6-14(13)17(20)21/h2-3,5-6,8-9,11,16H,4,7,10H2,1H3,(H,20,21)/t16-/m1/s1. The van der Waals surface area contributed by atoms with Gasteiger partial charge in [0.15, 0.2) is 0 Å². The van der Waals surface area contributed by atoms with E-state index in [1.807, 2.05) is 0 Å². The number of benzene rings is 1. The van der Waals surface area contributed by atoms with Gasteiger partial charge in [-0.25, -0.2) is 13.2 Å². The molecular weight excluding hydrogens is 328 g/mol. The summed E-state index contributed by atoms with van der Waals surface area (Å²) >= 11 is 0. The lowest BCUT2D eigenvalue weighted by molar-refractivity contribution is 0.0697. The van der Waals surface area contributed by atoms with Gasteiger partial charge in [0.2, 0.25) is 10.0 Å². The smallest absolute Gasteiger partial charge is 0.336 e. The summed E-state index contributed by atoms with van der Waals surface area (Å²) in [5.74, 6) is -0.992. The van der Waals surface area contributed by atoms with E-state index in [1.165, 1.54) is 10.6 Å². The molecule has 0 unspecified atom stereocenters. The Morgan fingerprint density at radius 3 is 2.62 bits per heavy atom. The first-order valence-corrected chi connectivity index (χ1v) is 9.48. The Morgan fingerprint density at radius 1 is 1.25 bits per heavy atom. The van der Waals surface area contributed by atoms with E-state index in [-0.39, 0.29) is 11.6 Å². The molecule has 0 aliphatic carbocycles. The van der Waals surface area contributed by atoms with E-state index >= 15 is 0 Å². The molecule has 0 bridgehead atoms. The van der Waals surface area contributed by atoms with Crippen LogP contribution in [0.5, 0.6) is 0 Å². The third-order valence-corrected chi connectivity index (χ3v) is 5.51. The number of nitrogens with zero attached hydrogens (tertiary/aromatic N) is 2. The van der Waals surface area contributed by atoms with Crippen molar-refractivity contribution < 1.29 is 18.3 Å². The molecular formula is C17H18N2O4S. The van der Waals surface area contributed by atoms with Crippen molar-refractivity contribution in [3.8, 4) is 11.1 Å². The van der Waals surface area contributed by atoms with E-state index in [9.17, 15) is 18.3 Å². The van der Waals surface area contributed by atoms with E-state index < -0.39 is 16.0 Å². The molecule has 0 amide bonds. The van der Waals surface area contributed by atoms with Crippen LogP contribution in [-0.4, -0.2) is 41.6 Å². The van der Waals surface area contributed by atoms with Crippen LogP contribution in [-0.2, 0) is 10.0 Å². The first-order chi connectivity index (χ1) is 11.4. The minimum Gasteiger partial charge on any atom is -0.478 e. The molecule has 1 aliphatic heterocycles. The molecule has 1 N–H and O–H groups in total. The molecule has 1 saturated heterocycles. The van der Waals surface area contributed by atoms with Crippen molar-refractivity contribution in [1.29, 1.82) is 0 Å². The quantitative estimate of drug-likeness (QED) is 0.919. The maximum atomic E-state index is 11.9. The molecule has 3 rings (SSSR count). The van der Waals surface area contributed by atoms with Gasteiger partial charge >= 0.3 is 5.97 Å². The predicted octanol–water partition coefficient (Wildman–Crippen LogP) is 2.54. The van der Waals surface area contributed by atoms with Crippen molar-refractivity contribution in [3.05, 3.63) is 53.9 Å². The van der Waals surface area contributed by atoms with E-state index in [2.05, 4.69) is 4.98 Å². The summed E-state index contributed by atoms with van der Waals surface area (Å²) in [6.45, 7) is 0.509. The Labute approximate surface area is 140 Å². The average molecular weight is 346 g/mol. The molecule has 1 aromatic heterocycles. The number of carbonyl (C=O) groups is 1. The Kier molecular flexibility index (Phi) is 4.38. The highest BCUT2D eigenvalue weighted by molar-refractivity contribution is 7.88. The maximum absolute atomic E-state index is 11.9. The van der Waals surface area contributed by atoms with E-state index in [1.54, 1.807) is 42.6 Å². The summed E-state index contributed by atoms with van der Waals surface area (Å²) in [7, 11) is -3.26. The van der Waals surface area contributed by atoms with E-state index in [4.69, 9.17) is 0 Å².